The van der Waals surface area contributed by atoms with E-state index in [0.29, 0.717) is 30.0 Å². The van der Waals surface area contributed by atoms with Crippen LogP contribution in [-0.2, 0) is 0 Å². The van der Waals surface area contributed by atoms with Crippen molar-refractivity contribution in [1.29, 1.82) is 0 Å². The van der Waals surface area contributed by atoms with E-state index in [0.717, 1.165) is 6.42 Å². The van der Waals surface area contributed by atoms with Gasteiger partial charge in [0.15, 0.2) is 0 Å². The standard InChI is InChI=1S/C22H20FN3O/c1-16-19(15-24-26(16)21-10-6-5-9-20(21)23)22(27)25-13-11-18(12-14-25)17-7-3-2-4-8-17/h2-11,15H,12-14H2,1H3. The molecule has 0 bridgehead atoms. The van der Waals surface area contributed by atoms with Crippen molar-refractivity contribution in [2.75, 3.05) is 13.1 Å². The van der Waals surface area contributed by atoms with Gasteiger partial charge >= 0.3 is 0 Å². The predicted molar refractivity (Wildman–Crippen MR) is 103 cm³/mol. The van der Waals surface area contributed by atoms with Gasteiger partial charge in [0.2, 0.25) is 0 Å². The van der Waals surface area contributed by atoms with Gasteiger partial charge in [-0.3, -0.25) is 4.79 Å². The van der Waals surface area contributed by atoms with E-state index in [1.165, 1.54) is 28.1 Å². The Balaban J connectivity index is 1.55. The Morgan fingerprint density at radius 3 is 2.52 bits per heavy atom. The second-order valence-corrected chi connectivity index (χ2v) is 6.60. The minimum absolute atomic E-state index is 0.0709. The molecule has 1 aromatic heterocycles. The highest BCUT2D eigenvalue weighted by molar-refractivity contribution is 5.95. The maximum Gasteiger partial charge on any atom is 0.257 e. The summed E-state index contributed by atoms with van der Waals surface area (Å²) in [5, 5.41) is 4.24. The first kappa shape index (κ1) is 17.2. The van der Waals surface area contributed by atoms with Crippen molar-refractivity contribution < 1.29 is 9.18 Å². The van der Waals surface area contributed by atoms with Gasteiger partial charge in [-0.15, -0.1) is 0 Å². The van der Waals surface area contributed by atoms with E-state index in [9.17, 15) is 9.18 Å². The minimum atomic E-state index is -0.365. The molecule has 2 aromatic carbocycles. The lowest BCUT2D eigenvalue weighted by atomic mass is 9.99. The van der Waals surface area contributed by atoms with Crippen LogP contribution in [0.25, 0.3) is 11.3 Å². The van der Waals surface area contributed by atoms with Gasteiger partial charge in [0.25, 0.3) is 5.91 Å². The lowest BCUT2D eigenvalue weighted by Crippen LogP contribution is -2.34. The number of halogens is 1. The summed E-state index contributed by atoms with van der Waals surface area (Å²) in [6.45, 7) is 3.01. The molecule has 0 saturated carbocycles. The number of amides is 1. The van der Waals surface area contributed by atoms with E-state index in [-0.39, 0.29) is 11.7 Å². The summed E-state index contributed by atoms with van der Waals surface area (Å²) in [7, 11) is 0. The Bertz CT molecular complexity index is 1010. The highest BCUT2D eigenvalue weighted by Gasteiger charge is 2.23. The molecule has 2 heterocycles. The van der Waals surface area contributed by atoms with Crippen molar-refractivity contribution in [1.82, 2.24) is 14.7 Å². The molecule has 1 aliphatic rings. The van der Waals surface area contributed by atoms with Gasteiger partial charge in [-0.05, 0) is 36.6 Å². The molecule has 0 radical (unpaired) electrons. The first-order valence-corrected chi connectivity index (χ1v) is 8.98. The van der Waals surface area contributed by atoms with Crippen LogP contribution in [0.5, 0.6) is 0 Å². The summed E-state index contributed by atoms with van der Waals surface area (Å²) in [5.74, 6) is -0.436. The zero-order chi connectivity index (χ0) is 18.8. The number of hydrogen-bond donors (Lipinski definition) is 0. The van der Waals surface area contributed by atoms with Crippen molar-refractivity contribution in [2.45, 2.75) is 13.3 Å². The van der Waals surface area contributed by atoms with Gasteiger partial charge in [-0.2, -0.15) is 5.10 Å². The molecule has 1 amide bonds. The summed E-state index contributed by atoms with van der Waals surface area (Å²) in [5.41, 5.74) is 3.96. The first-order chi connectivity index (χ1) is 13.1. The van der Waals surface area contributed by atoms with Crippen molar-refractivity contribution in [3.63, 3.8) is 0 Å². The van der Waals surface area contributed by atoms with Gasteiger partial charge in [-0.25, -0.2) is 9.07 Å². The molecule has 0 N–H and O–H groups in total. The number of hydrogen-bond acceptors (Lipinski definition) is 2. The van der Waals surface area contributed by atoms with Crippen molar-refractivity contribution >= 4 is 11.5 Å². The van der Waals surface area contributed by atoms with Crippen LogP contribution >= 0.6 is 0 Å². The zero-order valence-corrected chi connectivity index (χ0v) is 15.1. The van der Waals surface area contributed by atoms with Crippen LogP contribution in [-0.4, -0.2) is 33.7 Å². The molecular formula is C22H20FN3O. The van der Waals surface area contributed by atoms with Crippen LogP contribution in [0.2, 0.25) is 0 Å². The van der Waals surface area contributed by atoms with Crippen molar-refractivity contribution in [3.8, 4) is 5.69 Å². The number of nitrogens with zero attached hydrogens (tertiary/aromatic N) is 3. The Morgan fingerprint density at radius 2 is 1.81 bits per heavy atom. The fourth-order valence-corrected chi connectivity index (χ4v) is 3.42. The van der Waals surface area contributed by atoms with Crippen LogP contribution in [0.1, 0.15) is 28.0 Å². The van der Waals surface area contributed by atoms with E-state index < -0.39 is 0 Å². The number of rotatable bonds is 3. The van der Waals surface area contributed by atoms with E-state index in [1.807, 2.05) is 23.1 Å². The second-order valence-electron chi connectivity index (χ2n) is 6.60. The Hall–Kier alpha value is -3.21. The Kier molecular flexibility index (Phi) is 4.59. The molecule has 0 atom stereocenters. The molecule has 1 aliphatic heterocycles. The maximum atomic E-state index is 14.1. The van der Waals surface area contributed by atoms with Crippen LogP contribution in [0.3, 0.4) is 0 Å². The highest BCUT2D eigenvalue weighted by Crippen LogP contribution is 2.24. The highest BCUT2D eigenvalue weighted by atomic mass is 19.1. The number of carbonyl (C=O) groups is 1. The first-order valence-electron chi connectivity index (χ1n) is 8.98. The molecule has 4 nitrogen and oxygen atoms in total. The molecule has 4 rings (SSSR count). The molecular weight excluding hydrogens is 341 g/mol. The monoisotopic (exact) mass is 361 g/mol. The largest absolute Gasteiger partial charge is 0.334 e. The molecule has 0 spiro atoms. The van der Waals surface area contributed by atoms with Gasteiger partial charge < -0.3 is 4.90 Å². The lowest BCUT2D eigenvalue weighted by molar-refractivity contribution is 0.0772. The smallest absolute Gasteiger partial charge is 0.257 e. The number of carbonyl (C=O) groups excluding carboxylic acids is 1. The van der Waals surface area contributed by atoms with Gasteiger partial charge in [0.05, 0.1) is 17.5 Å². The van der Waals surface area contributed by atoms with Crippen LogP contribution < -0.4 is 0 Å². The van der Waals surface area contributed by atoms with Gasteiger partial charge in [0.1, 0.15) is 11.5 Å². The number of para-hydroxylation sites is 1. The number of benzene rings is 2. The number of aromatic nitrogens is 2. The maximum absolute atomic E-state index is 14.1. The van der Waals surface area contributed by atoms with Crippen LogP contribution in [0.15, 0.2) is 66.9 Å². The van der Waals surface area contributed by atoms with E-state index in [1.54, 1.807) is 25.1 Å². The summed E-state index contributed by atoms with van der Waals surface area (Å²) in [6.07, 6.45) is 4.45. The van der Waals surface area contributed by atoms with Gasteiger partial charge in [-0.1, -0.05) is 48.5 Å². The summed E-state index contributed by atoms with van der Waals surface area (Å²) >= 11 is 0. The quantitative estimate of drug-likeness (QED) is 0.699. The van der Waals surface area contributed by atoms with E-state index in [4.69, 9.17) is 0 Å². The van der Waals surface area contributed by atoms with E-state index >= 15 is 0 Å². The van der Waals surface area contributed by atoms with Crippen molar-refractivity contribution in [3.05, 3.63) is 89.5 Å². The lowest BCUT2D eigenvalue weighted by Gasteiger charge is -2.26. The molecule has 0 aliphatic carbocycles. The average molecular weight is 361 g/mol. The molecule has 27 heavy (non-hydrogen) atoms. The van der Waals surface area contributed by atoms with Crippen LogP contribution in [0, 0.1) is 12.7 Å². The third-order valence-electron chi connectivity index (χ3n) is 4.96. The topological polar surface area (TPSA) is 38.1 Å². The Morgan fingerprint density at radius 1 is 1.07 bits per heavy atom. The third kappa shape index (κ3) is 3.28. The fourth-order valence-electron chi connectivity index (χ4n) is 3.42. The Labute approximate surface area is 157 Å². The third-order valence-corrected chi connectivity index (χ3v) is 4.96. The fraction of sp³-hybridized carbons (Fsp3) is 0.182. The minimum Gasteiger partial charge on any atom is -0.334 e. The predicted octanol–water partition coefficient (Wildman–Crippen LogP) is 4.25. The van der Waals surface area contributed by atoms with Crippen LogP contribution in [0.4, 0.5) is 4.39 Å². The summed E-state index contributed by atoms with van der Waals surface area (Å²) in [6, 6.07) is 16.6. The zero-order valence-electron chi connectivity index (χ0n) is 15.1. The van der Waals surface area contributed by atoms with E-state index in [2.05, 4.69) is 23.3 Å². The molecule has 0 unspecified atom stereocenters. The molecule has 3 aromatic rings. The summed E-state index contributed by atoms with van der Waals surface area (Å²) in [4.78, 5) is 14.8. The normalized spacial score (nSPS) is 14.1. The second kappa shape index (κ2) is 7.19. The molecule has 0 fully saturated rings. The molecule has 136 valence electrons. The SMILES string of the molecule is Cc1c(C(=O)N2CC=C(c3ccccc3)CC2)cnn1-c1ccccc1F. The molecule has 5 heteroatoms. The van der Waals surface area contributed by atoms with Gasteiger partial charge in [0, 0.05) is 13.1 Å². The molecule has 0 saturated heterocycles. The summed E-state index contributed by atoms with van der Waals surface area (Å²) < 4.78 is 15.5. The average Bonchev–Trinajstić information content (AvgIpc) is 3.10. The van der Waals surface area contributed by atoms with Crippen molar-refractivity contribution in [2.24, 2.45) is 0 Å².